The first-order valence-electron chi connectivity index (χ1n) is 7.60. The number of ether oxygens (including phenoxy) is 1. The number of aliphatic hydroxyl groups is 1. The second kappa shape index (κ2) is 7.07. The monoisotopic (exact) mass is 305 g/mol. The molecule has 0 aliphatic heterocycles. The molecule has 0 amide bonds. The van der Waals surface area contributed by atoms with Crippen LogP contribution >= 0.6 is 0 Å². The Hall–Kier alpha value is -2.65. The van der Waals surface area contributed by atoms with Gasteiger partial charge < -0.3 is 9.84 Å². The standard InChI is InChI=1S/C20H19NO2/c1-15-12-18(19(22)17-10-6-3-7-11-17)13-21-20(15)23-14-16-8-4-2-5-9-16/h2-13,19,22H,14H2,1H3/t19-/m0/s1. The second-order valence-electron chi connectivity index (χ2n) is 5.48. The molecule has 0 unspecified atom stereocenters. The highest BCUT2D eigenvalue weighted by Gasteiger charge is 2.12. The molecule has 0 aliphatic carbocycles. The van der Waals surface area contributed by atoms with E-state index >= 15 is 0 Å². The molecule has 116 valence electrons. The van der Waals surface area contributed by atoms with E-state index in [4.69, 9.17) is 4.74 Å². The van der Waals surface area contributed by atoms with Crippen LogP contribution in [-0.2, 0) is 6.61 Å². The number of hydrogen-bond acceptors (Lipinski definition) is 3. The van der Waals surface area contributed by atoms with Crippen molar-refractivity contribution < 1.29 is 9.84 Å². The van der Waals surface area contributed by atoms with Gasteiger partial charge in [-0.05, 0) is 24.1 Å². The topological polar surface area (TPSA) is 42.4 Å². The van der Waals surface area contributed by atoms with Gasteiger partial charge in [0.05, 0.1) is 0 Å². The highest BCUT2D eigenvalue weighted by molar-refractivity contribution is 5.34. The van der Waals surface area contributed by atoms with Crippen molar-refractivity contribution in [3.63, 3.8) is 0 Å². The maximum Gasteiger partial charge on any atom is 0.216 e. The molecular formula is C20H19NO2. The smallest absolute Gasteiger partial charge is 0.216 e. The summed E-state index contributed by atoms with van der Waals surface area (Å²) < 4.78 is 5.77. The van der Waals surface area contributed by atoms with Crippen molar-refractivity contribution >= 4 is 0 Å². The van der Waals surface area contributed by atoms with E-state index in [1.165, 1.54) is 0 Å². The minimum Gasteiger partial charge on any atom is -0.473 e. The first-order valence-corrected chi connectivity index (χ1v) is 7.60. The van der Waals surface area contributed by atoms with Crippen LogP contribution in [0.2, 0.25) is 0 Å². The summed E-state index contributed by atoms with van der Waals surface area (Å²) in [7, 11) is 0. The minimum absolute atomic E-state index is 0.481. The van der Waals surface area contributed by atoms with E-state index in [0.29, 0.717) is 12.5 Å². The predicted octanol–water partition coefficient (Wildman–Crippen LogP) is 4.05. The zero-order valence-electron chi connectivity index (χ0n) is 13.0. The van der Waals surface area contributed by atoms with Crippen LogP contribution in [0.5, 0.6) is 5.88 Å². The molecule has 23 heavy (non-hydrogen) atoms. The molecule has 1 aromatic heterocycles. The Morgan fingerprint density at radius 2 is 1.61 bits per heavy atom. The Kier molecular flexibility index (Phi) is 4.69. The molecule has 3 nitrogen and oxygen atoms in total. The normalized spacial score (nSPS) is 11.9. The lowest BCUT2D eigenvalue weighted by molar-refractivity contribution is 0.219. The number of hydrogen-bond donors (Lipinski definition) is 1. The Morgan fingerprint density at radius 3 is 2.26 bits per heavy atom. The molecule has 3 rings (SSSR count). The Labute approximate surface area is 136 Å². The van der Waals surface area contributed by atoms with Gasteiger partial charge in [-0.3, -0.25) is 0 Å². The van der Waals surface area contributed by atoms with Gasteiger partial charge in [0.15, 0.2) is 0 Å². The summed E-state index contributed by atoms with van der Waals surface area (Å²) in [5.41, 5.74) is 3.63. The van der Waals surface area contributed by atoms with Crippen molar-refractivity contribution in [1.29, 1.82) is 0 Å². The number of aromatic nitrogens is 1. The molecule has 1 atom stereocenters. The Bertz CT molecular complexity index is 757. The van der Waals surface area contributed by atoms with Crippen molar-refractivity contribution in [2.75, 3.05) is 0 Å². The summed E-state index contributed by atoms with van der Waals surface area (Å²) in [5, 5.41) is 10.4. The molecule has 0 spiro atoms. The maximum absolute atomic E-state index is 10.4. The summed E-state index contributed by atoms with van der Waals surface area (Å²) in [5.74, 6) is 0.595. The highest BCUT2D eigenvalue weighted by atomic mass is 16.5. The van der Waals surface area contributed by atoms with Crippen LogP contribution in [-0.4, -0.2) is 10.1 Å². The van der Waals surface area contributed by atoms with Gasteiger partial charge in [-0.1, -0.05) is 60.7 Å². The second-order valence-corrected chi connectivity index (χ2v) is 5.48. The molecule has 0 bridgehead atoms. The van der Waals surface area contributed by atoms with Gasteiger partial charge in [0.25, 0.3) is 0 Å². The van der Waals surface area contributed by atoms with E-state index < -0.39 is 6.10 Å². The quantitative estimate of drug-likeness (QED) is 0.773. The van der Waals surface area contributed by atoms with Crippen LogP contribution in [0.4, 0.5) is 0 Å². The Morgan fingerprint density at radius 1 is 0.957 bits per heavy atom. The van der Waals surface area contributed by atoms with E-state index in [0.717, 1.165) is 22.3 Å². The van der Waals surface area contributed by atoms with E-state index in [1.807, 2.05) is 73.7 Å². The fourth-order valence-electron chi connectivity index (χ4n) is 2.44. The lowest BCUT2D eigenvalue weighted by Crippen LogP contribution is -2.03. The summed E-state index contributed by atoms with van der Waals surface area (Å²) in [6.45, 7) is 2.42. The summed E-state index contributed by atoms with van der Waals surface area (Å²) >= 11 is 0. The lowest BCUT2D eigenvalue weighted by atomic mass is 10.0. The average Bonchev–Trinajstić information content (AvgIpc) is 2.61. The molecule has 0 saturated carbocycles. The fraction of sp³-hybridized carbons (Fsp3) is 0.150. The summed E-state index contributed by atoms with van der Waals surface area (Å²) in [6, 6.07) is 21.5. The van der Waals surface area contributed by atoms with Crippen molar-refractivity contribution in [2.45, 2.75) is 19.6 Å². The van der Waals surface area contributed by atoms with Crippen LogP contribution in [0.3, 0.4) is 0 Å². The molecule has 1 heterocycles. The summed E-state index contributed by atoms with van der Waals surface area (Å²) in [4.78, 5) is 4.36. The maximum atomic E-state index is 10.4. The van der Waals surface area contributed by atoms with Gasteiger partial charge >= 0.3 is 0 Å². The van der Waals surface area contributed by atoms with Crippen LogP contribution in [0.15, 0.2) is 72.9 Å². The van der Waals surface area contributed by atoms with Crippen LogP contribution in [0, 0.1) is 6.92 Å². The van der Waals surface area contributed by atoms with E-state index in [-0.39, 0.29) is 0 Å². The first kappa shape index (κ1) is 15.3. The number of aryl methyl sites for hydroxylation is 1. The molecular weight excluding hydrogens is 286 g/mol. The highest BCUT2D eigenvalue weighted by Crippen LogP contribution is 2.25. The van der Waals surface area contributed by atoms with Gasteiger partial charge in [-0.25, -0.2) is 4.98 Å². The fourth-order valence-corrected chi connectivity index (χ4v) is 2.44. The molecule has 0 saturated heterocycles. The van der Waals surface area contributed by atoms with Gasteiger partial charge in [0.1, 0.15) is 12.7 Å². The Balaban J connectivity index is 1.73. The van der Waals surface area contributed by atoms with Gasteiger partial charge in [0.2, 0.25) is 5.88 Å². The molecule has 0 radical (unpaired) electrons. The summed E-state index contributed by atoms with van der Waals surface area (Å²) in [6.07, 6.45) is 0.996. The number of rotatable bonds is 5. The number of benzene rings is 2. The number of nitrogens with zero attached hydrogens (tertiary/aromatic N) is 1. The van der Waals surface area contributed by atoms with Crippen molar-refractivity contribution in [3.8, 4) is 5.88 Å². The van der Waals surface area contributed by atoms with E-state index in [2.05, 4.69) is 4.98 Å². The lowest BCUT2D eigenvalue weighted by Gasteiger charge is -2.14. The minimum atomic E-state index is -0.675. The largest absolute Gasteiger partial charge is 0.473 e. The first-order chi connectivity index (χ1) is 11.2. The third kappa shape index (κ3) is 3.76. The molecule has 0 aliphatic rings. The van der Waals surface area contributed by atoms with E-state index in [9.17, 15) is 5.11 Å². The third-order valence-electron chi connectivity index (χ3n) is 3.70. The van der Waals surface area contributed by atoms with Gasteiger partial charge in [0, 0.05) is 17.3 Å². The zero-order chi connectivity index (χ0) is 16.1. The van der Waals surface area contributed by atoms with Crippen LogP contribution in [0.1, 0.15) is 28.4 Å². The van der Waals surface area contributed by atoms with Gasteiger partial charge in [-0.15, -0.1) is 0 Å². The molecule has 2 aromatic carbocycles. The molecule has 3 heteroatoms. The van der Waals surface area contributed by atoms with E-state index in [1.54, 1.807) is 6.20 Å². The SMILES string of the molecule is Cc1cc([C@@H](O)c2ccccc2)cnc1OCc1ccccc1. The van der Waals surface area contributed by atoms with Crippen LogP contribution in [0.25, 0.3) is 0 Å². The predicted molar refractivity (Wildman–Crippen MR) is 90.3 cm³/mol. The van der Waals surface area contributed by atoms with Crippen molar-refractivity contribution in [3.05, 3.63) is 95.2 Å². The van der Waals surface area contributed by atoms with Gasteiger partial charge in [-0.2, -0.15) is 0 Å². The average molecular weight is 305 g/mol. The number of aliphatic hydroxyl groups excluding tert-OH is 1. The third-order valence-corrected chi connectivity index (χ3v) is 3.70. The van der Waals surface area contributed by atoms with Crippen molar-refractivity contribution in [1.82, 2.24) is 4.98 Å². The molecule has 0 fully saturated rings. The number of pyridine rings is 1. The molecule has 1 N–H and O–H groups in total. The van der Waals surface area contributed by atoms with Crippen molar-refractivity contribution in [2.24, 2.45) is 0 Å². The molecule has 3 aromatic rings. The zero-order valence-corrected chi connectivity index (χ0v) is 13.0. The van der Waals surface area contributed by atoms with Crippen LogP contribution < -0.4 is 4.74 Å².